The predicted molar refractivity (Wildman–Crippen MR) is 108 cm³/mol. The van der Waals surface area contributed by atoms with Gasteiger partial charge in [0, 0.05) is 30.4 Å². The molecule has 27 heavy (non-hydrogen) atoms. The lowest BCUT2D eigenvalue weighted by molar-refractivity contribution is 0.0785. The summed E-state index contributed by atoms with van der Waals surface area (Å²) in [4.78, 5) is 18.7. The maximum atomic E-state index is 12.8. The molecule has 0 unspecified atom stereocenters. The predicted octanol–water partition coefficient (Wildman–Crippen LogP) is 4.76. The largest absolute Gasteiger partial charge is 0.495 e. The molecule has 0 spiro atoms. The molecule has 3 aromatic rings. The van der Waals surface area contributed by atoms with Gasteiger partial charge in [0.2, 0.25) is 0 Å². The number of nitrogens with zero attached hydrogens (tertiary/aromatic N) is 2. The van der Waals surface area contributed by atoms with Crippen LogP contribution in [-0.4, -0.2) is 29.9 Å². The fraction of sp³-hybridized carbons (Fsp3) is 0.143. The first-order valence-electron chi connectivity index (χ1n) is 8.43. The molecule has 0 fully saturated rings. The molecule has 3 rings (SSSR count). The van der Waals surface area contributed by atoms with Gasteiger partial charge >= 0.3 is 0 Å². The Morgan fingerprint density at radius 3 is 2.67 bits per heavy atom. The van der Waals surface area contributed by atoms with Gasteiger partial charge in [-0.15, -0.1) is 0 Å². The summed E-state index contributed by atoms with van der Waals surface area (Å²) in [5.41, 5.74) is 2.30. The number of nitrogens with one attached hydrogen (secondary N) is 1. The minimum atomic E-state index is -0.0811. The van der Waals surface area contributed by atoms with Gasteiger partial charge in [-0.05, 0) is 35.9 Å². The first kappa shape index (κ1) is 18.7. The molecule has 2 aromatic carbocycles. The molecule has 0 aliphatic heterocycles. The van der Waals surface area contributed by atoms with E-state index in [1.54, 1.807) is 55.6 Å². The third-order valence-corrected chi connectivity index (χ3v) is 4.28. The molecule has 1 amide bonds. The molecule has 5 nitrogen and oxygen atoms in total. The number of aromatic nitrogens is 1. The summed E-state index contributed by atoms with van der Waals surface area (Å²) in [6.07, 6.45) is 1.60. The summed E-state index contributed by atoms with van der Waals surface area (Å²) in [7, 11) is 3.36. The second-order valence-corrected chi connectivity index (χ2v) is 6.48. The smallest absolute Gasteiger partial charge is 0.254 e. The van der Waals surface area contributed by atoms with Gasteiger partial charge in [0.25, 0.3) is 5.91 Å². The molecule has 1 N–H and O–H groups in total. The normalized spacial score (nSPS) is 10.3. The van der Waals surface area contributed by atoms with Crippen LogP contribution in [0.4, 0.5) is 11.5 Å². The minimum absolute atomic E-state index is 0.0811. The van der Waals surface area contributed by atoms with Crippen LogP contribution >= 0.6 is 11.6 Å². The zero-order valence-corrected chi connectivity index (χ0v) is 15.9. The summed E-state index contributed by atoms with van der Waals surface area (Å²) in [6, 6.07) is 18.5. The molecular formula is C21H20ClN3O2. The van der Waals surface area contributed by atoms with Gasteiger partial charge in [-0.3, -0.25) is 4.79 Å². The maximum absolute atomic E-state index is 12.8. The van der Waals surface area contributed by atoms with Crippen LogP contribution in [0.2, 0.25) is 5.02 Å². The first-order valence-corrected chi connectivity index (χ1v) is 8.80. The Morgan fingerprint density at radius 1 is 1.15 bits per heavy atom. The highest BCUT2D eigenvalue weighted by Gasteiger charge is 2.14. The molecule has 6 heteroatoms. The Labute approximate surface area is 163 Å². The maximum Gasteiger partial charge on any atom is 0.254 e. The highest BCUT2D eigenvalue weighted by Crippen LogP contribution is 2.30. The van der Waals surface area contributed by atoms with Crippen molar-refractivity contribution in [2.24, 2.45) is 0 Å². The van der Waals surface area contributed by atoms with Gasteiger partial charge in [0.15, 0.2) is 0 Å². The van der Waals surface area contributed by atoms with Crippen molar-refractivity contribution in [1.82, 2.24) is 9.88 Å². The molecule has 138 valence electrons. The highest BCUT2D eigenvalue weighted by atomic mass is 35.5. The van der Waals surface area contributed by atoms with Crippen molar-refractivity contribution >= 4 is 29.0 Å². The number of hydrogen-bond acceptors (Lipinski definition) is 4. The summed E-state index contributed by atoms with van der Waals surface area (Å²) in [5, 5.41) is 3.73. The minimum Gasteiger partial charge on any atom is -0.495 e. The molecular weight excluding hydrogens is 362 g/mol. The van der Waals surface area contributed by atoms with Gasteiger partial charge in [0.1, 0.15) is 11.6 Å². The van der Waals surface area contributed by atoms with Crippen molar-refractivity contribution in [3.63, 3.8) is 0 Å². The van der Waals surface area contributed by atoms with E-state index in [-0.39, 0.29) is 5.91 Å². The lowest BCUT2D eigenvalue weighted by Crippen LogP contribution is -2.26. The van der Waals surface area contributed by atoms with Gasteiger partial charge < -0.3 is 15.0 Å². The van der Waals surface area contributed by atoms with Crippen LogP contribution in [0, 0.1) is 0 Å². The van der Waals surface area contributed by atoms with E-state index in [0.29, 0.717) is 34.4 Å². The molecule has 0 bridgehead atoms. The molecule has 0 aliphatic carbocycles. The molecule has 0 aliphatic rings. The van der Waals surface area contributed by atoms with E-state index in [2.05, 4.69) is 10.3 Å². The lowest BCUT2D eigenvalue weighted by atomic mass is 10.2. The third-order valence-electron chi connectivity index (χ3n) is 4.04. The lowest BCUT2D eigenvalue weighted by Gasteiger charge is -2.18. The zero-order valence-electron chi connectivity index (χ0n) is 15.1. The van der Waals surface area contributed by atoms with Crippen molar-refractivity contribution in [2.45, 2.75) is 6.54 Å². The molecule has 0 atom stereocenters. The van der Waals surface area contributed by atoms with Crippen LogP contribution in [0.15, 0.2) is 66.9 Å². The van der Waals surface area contributed by atoms with Gasteiger partial charge in [-0.25, -0.2) is 4.98 Å². The van der Waals surface area contributed by atoms with Crippen LogP contribution < -0.4 is 10.1 Å². The number of ether oxygens (including phenoxy) is 1. The standard InChI is InChI=1S/C21H20ClN3O2/c1-25(14-15-6-4-3-5-7-15)21(26)16-10-11-23-20(12-16)24-18-13-17(22)8-9-19(18)27-2/h3-13H,14H2,1-2H3,(H,23,24). The average molecular weight is 382 g/mol. The Hall–Kier alpha value is -3.05. The Kier molecular flexibility index (Phi) is 5.94. The van der Waals surface area contributed by atoms with E-state index < -0.39 is 0 Å². The van der Waals surface area contributed by atoms with Gasteiger partial charge in [0.05, 0.1) is 12.8 Å². The summed E-state index contributed by atoms with van der Waals surface area (Å²) in [5.74, 6) is 1.09. The van der Waals surface area contributed by atoms with Crippen molar-refractivity contribution in [3.8, 4) is 5.75 Å². The summed E-state index contributed by atoms with van der Waals surface area (Å²) in [6.45, 7) is 0.535. The Morgan fingerprint density at radius 2 is 1.93 bits per heavy atom. The van der Waals surface area contributed by atoms with E-state index in [4.69, 9.17) is 16.3 Å². The van der Waals surface area contributed by atoms with E-state index >= 15 is 0 Å². The number of rotatable bonds is 6. The van der Waals surface area contributed by atoms with E-state index in [1.165, 1.54) is 0 Å². The number of benzene rings is 2. The number of halogens is 1. The molecule has 0 saturated carbocycles. The van der Waals surface area contributed by atoms with E-state index in [1.807, 2.05) is 30.3 Å². The fourth-order valence-electron chi connectivity index (χ4n) is 2.70. The summed E-state index contributed by atoms with van der Waals surface area (Å²) < 4.78 is 5.33. The zero-order chi connectivity index (χ0) is 19.2. The Balaban J connectivity index is 1.77. The number of pyridine rings is 1. The number of hydrogen-bond donors (Lipinski definition) is 1. The fourth-order valence-corrected chi connectivity index (χ4v) is 2.87. The average Bonchev–Trinajstić information content (AvgIpc) is 2.68. The van der Waals surface area contributed by atoms with E-state index in [9.17, 15) is 4.79 Å². The molecule has 1 aromatic heterocycles. The van der Waals surface area contributed by atoms with Crippen LogP contribution in [0.25, 0.3) is 0 Å². The van der Waals surface area contributed by atoms with Crippen LogP contribution in [0.1, 0.15) is 15.9 Å². The number of carbonyl (C=O) groups is 1. The number of amides is 1. The van der Waals surface area contributed by atoms with Gasteiger partial charge in [-0.1, -0.05) is 41.9 Å². The molecule has 0 radical (unpaired) electrons. The van der Waals surface area contributed by atoms with Crippen LogP contribution in [-0.2, 0) is 6.54 Å². The highest BCUT2D eigenvalue weighted by molar-refractivity contribution is 6.31. The number of anilines is 2. The second-order valence-electron chi connectivity index (χ2n) is 6.05. The topological polar surface area (TPSA) is 54.5 Å². The summed E-state index contributed by atoms with van der Waals surface area (Å²) >= 11 is 6.06. The quantitative estimate of drug-likeness (QED) is 0.668. The third kappa shape index (κ3) is 4.77. The number of methoxy groups -OCH3 is 1. The second kappa shape index (κ2) is 8.56. The molecule has 1 heterocycles. The first-order chi connectivity index (χ1) is 13.1. The monoisotopic (exact) mass is 381 g/mol. The number of carbonyl (C=O) groups excluding carboxylic acids is 1. The van der Waals surface area contributed by atoms with Crippen LogP contribution in [0.3, 0.4) is 0 Å². The van der Waals surface area contributed by atoms with Crippen molar-refractivity contribution in [2.75, 3.05) is 19.5 Å². The molecule has 0 saturated heterocycles. The SMILES string of the molecule is COc1ccc(Cl)cc1Nc1cc(C(=O)N(C)Cc2ccccc2)ccn1. The van der Waals surface area contributed by atoms with Crippen molar-refractivity contribution < 1.29 is 9.53 Å². The van der Waals surface area contributed by atoms with Crippen molar-refractivity contribution in [1.29, 1.82) is 0 Å². The van der Waals surface area contributed by atoms with E-state index in [0.717, 1.165) is 5.56 Å². The van der Waals surface area contributed by atoms with Gasteiger partial charge in [-0.2, -0.15) is 0 Å². The van der Waals surface area contributed by atoms with Crippen LogP contribution in [0.5, 0.6) is 5.75 Å². The van der Waals surface area contributed by atoms with Crippen molar-refractivity contribution in [3.05, 3.63) is 83.0 Å². The Bertz CT molecular complexity index is 932.